The molecule has 1 saturated heterocycles. The average molecular weight is 452 g/mol. The monoisotopic (exact) mass is 451 g/mol. The van der Waals surface area contributed by atoms with Crippen molar-refractivity contribution >= 4 is 23.3 Å². The van der Waals surface area contributed by atoms with Crippen molar-refractivity contribution in [2.24, 2.45) is 15.2 Å². The summed E-state index contributed by atoms with van der Waals surface area (Å²) in [5, 5.41) is 23.7. The standard InChI is InChI=1S/C26H37N5O.CH4/c1-7-18-13-23(22-10-9-20(15-24(22)32)19(8-2)16-27-6)29-30-25(14-18)31-12-11-21(17-31)28-26(3,4)5;/h8-10,13,15-16,21,28,32H,7,11-12,14,17H2,1-6H3;1H4/b19-8+,27-16?;. The van der Waals surface area contributed by atoms with E-state index in [-0.39, 0.29) is 18.7 Å². The van der Waals surface area contributed by atoms with Gasteiger partial charge in [0.2, 0.25) is 0 Å². The van der Waals surface area contributed by atoms with E-state index in [1.165, 1.54) is 5.57 Å². The van der Waals surface area contributed by atoms with Gasteiger partial charge in [0.15, 0.2) is 0 Å². The molecule has 1 fully saturated rings. The smallest absolute Gasteiger partial charge is 0.131 e. The van der Waals surface area contributed by atoms with E-state index in [0.29, 0.717) is 17.3 Å². The highest BCUT2D eigenvalue weighted by atomic mass is 16.3. The van der Waals surface area contributed by atoms with Gasteiger partial charge in [0, 0.05) is 49.9 Å². The van der Waals surface area contributed by atoms with E-state index in [2.05, 4.69) is 59.2 Å². The highest BCUT2D eigenvalue weighted by Crippen LogP contribution is 2.27. The number of amidine groups is 1. The summed E-state index contributed by atoms with van der Waals surface area (Å²) in [6, 6.07) is 6.14. The number of phenolic OH excluding ortho intramolecular Hbond substituents is 1. The maximum absolute atomic E-state index is 10.8. The van der Waals surface area contributed by atoms with Gasteiger partial charge in [-0.15, -0.1) is 10.2 Å². The Balaban J connectivity index is 0.00000385. The van der Waals surface area contributed by atoms with Gasteiger partial charge in [-0.3, -0.25) is 4.99 Å². The molecule has 1 aromatic rings. The minimum Gasteiger partial charge on any atom is -0.507 e. The summed E-state index contributed by atoms with van der Waals surface area (Å²) in [5.74, 6) is 1.21. The number of benzene rings is 1. The predicted octanol–water partition coefficient (Wildman–Crippen LogP) is 5.44. The van der Waals surface area contributed by atoms with Gasteiger partial charge in [-0.05, 0) is 69.9 Å². The Hall–Kier alpha value is -2.73. The molecule has 0 amide bonds. The third-order valence-electron chi connectivity index (χ3n) is 5.83. The molecule has 0 saturated carbocycles. The van der Waals surface area contributed by atoms with Gasteiger partial charge in [0.05, 0.1) is 5.71 Å². The summed E-state index contributed by atoms with van der Waals surface area (Å²) in [6.07, 6.45) is 8.67. The lowest BCUT2D eigenvalue weighted by atomic mass is 9.99. The van der Waals surface area contributed by atoms with Crippen molar-refractivity contribution < 1.29 is 5.11 Å². The van der Waals surface area contributed by atoms with Gasteiger partial charge in [0.1, 0.15) is 11.6 Å². The van der Waals surface area contributed by atoms with Gasteiger partial charge in [-0.2, -0.15) is 0 Å². The second-order valence-corrected chi connectivity index (χ2v) is 9.52. The van der Waals surface area contributed by atoms with E-state index in [9.17, 15) is 5.11 Å². The molecule has 0 aromatic heterocycles. The quantitative estimate of drug-likeness (QED) is 0.586. The lowest BCUT2D eigenvalue weighted by Crippen LogP contribution is -2.45. The van der Waals surface area contributed by atoms with Crippen LogP contribution in [0.3, 0.4) is 0 Å². The lowest BCUT2D eigenvalue weighted by Gasteiger charge is -2.26. The van der Waals surface area contributed by atoms with E-state index in [1.54, 1.807) is 19.3 Å². The van der Waals surface area contributed by atoms with Crippen LogP contribution in [0.4, 0.5) is 0 Å². The van der Waals surface area contributed by atoms with E-state index in [1.807, 2.05) is 25.1 Å². The van der Waals surface area contributed by atoms with Crippen molar-refractivity contribution in [1.29, 1.82) is 0 Å². The number of nitrogens with zero attached hydrogens (tertiary/aromatic N) is 4. The lowest BCUT2D eigenvalue weighted by molar-refractivity contribution is 0.359. The number of aromatic hydroxyl groups is 1. The molecular weight excluding hydrogens is 410 g/mol. The number of likely N-dealkylation sites (tertiary alicyclic amines) is 1. The molecule has 33 heavy (non-hydrogen) atoms. The van der Waals surface area contributed by atoms with Crippen LogP contribution < -0.4 is 5.32 Å². The van der Waals surface area contributed by atoms with E-state index >= 15 is 0 Å². The number of phenols is 1. The van der Waals surface area contributed by atoms with Gasteiger partial charge in [-0.25, -0.2) is 0 Å². The van der Waals surface area contributed by atoms with Crippen molar-refractivity contribution in [3.63, 3.8) is 0 Å². The first-order valence-corrected chi connectivity index (χ1v) is 11.5. The van der Waals surface area contributed by atoms with Crippen molar-refractivity contribution in [3.8, 4) is 5.75 Å². The number of allylic oxidation sites excluding steroid dienone is 3. The number of aliphatic imine (C=N–C) groups is 1. The first kappa shape index (κ1) is 26.5. The minimum atomic E-state index is 0. The van der Waals surface area contributed by atoms with Crippen LogP contribution in [0.5, 0.6) is 5.75 Å². The Bertz CT molecular complexity index is 979. The molecule has 2 heterocycles. The molecule has 0 spiro atoms. The molecule has 3 rings (SSSR count). The zero-order valence-electron chi connectivity index (χ0n) is 20.3. The molecule has 2 N–H and O–H groups in total. The largest absolute Gasteiger partial charge is 0.507 e. The molecule has 0 aliphatic carbocycles. The zero-order chi connectivity index (χ0) is 23.3. The SMILES string of the molecule is C.C/C=C(\C=NC)c1ccc(C2=NN=C(N3CCC(NC(C)(C)C)C3)CC(CC)=C2)c(O)c1. The zero-order valence-corrected chi connectivity index (χ0v) is 20.3. The summed E-state index contributed by atoms with van der Waals surface area (Å²) >= 11 is 0. The van der Waals surface area contributed by atoms with Crippen LogP contribution in [-0.2, 0) is 0 Å². The van der Waals surface area contributed by atoms with Crippen LogP contribution in [0.2, 0.25) is 0 Å². The van der Waals surface area contributed by atoms with Gasteiger partial charge >= 0.3 is 0 Å². The topological polar surface area (TPSA) is 72.6 Å². The highest BCUT2D eigenvalue weighted by molar-refractivity contribution is 6.13. The molecule has 1 aromatic carbocycles. The highest BCUT2D eigenvalue weighted by Gasteiger charge is 2.28. The van der Waals surface area contributed by atoms with Gasteiger partial charge < -0.3 is 15.3 Å². The normalized spacial score (nSPS) is 19.7. The first-order valence-electron chi connectivity index (χ1n) is 11.5. The van der Waals surface area contributed by atoms with Crippen LogP contribution in [0, 0.1) is 0 Å². The maximum Gasteiger partial charge on any atom is 0.131 e. The fraction of sp³-hybridized carbons (Fsp3) is 0.519. The molecule has 2 aliphatic rings. The number of rotatable bonds is 5. The first-order chi connectivity index (χ1) is 15.2. The van der Waals surface area contributed by atoms with E-state index in [0.717, 1.165) is 49.3 Å². The van der Waals surface area contributed by atoms with E-state index in [4.69, 9.17) is 0 Å². The van der Waals surface area contributed by atoms with E-state index < -0.39 is 0 Å². The minimum absolute atomic E-state index is 0. The van der Waals surface area contributed by atoms with Crippen LogP contribution in [-0.4, -0.2) is 59.5 Å². The molecule has 1 unspecified atom stereocenters. The van der Waals surface area contributed by atoms with Crippen molar-refractivity contribution in [3.05, 3.63) is 47.1 Å². The van der Waals surface area contributed by atoms with Gasteiger partial charge in [-0.1, -0.05) is 32.1 Å². The summed E-state index contributed by atoms with van der Waals surface area (Å²) in [4.78, 5) is 6.45. The summed E-state index contributed by atoms with van der Waals surface area (Å²) in [6.45, 7) is 12.7. The van der Waals surface area contributed by atoms with Crippen molar-refractivity contribution in [1.82, 2.24) is 10.2 Å². The maximum atomic E-state index is 10.8. The third kappa shape index (κ3) is 6.87. The molecule has 180 valence electrons. The number of hydrogen-bond acceptors (Lipinski definition) is 6. The molecule has 6 heteroatoms. The number of nitrogens with one attached hydrogen (secondary N) is 1. The fourth-order valence-electron chi connectivity index (χ4n) is 4.26. The summed E-state index contributed by atoms with van der Waals surface area (Å²) in [5.41, 5.74) is 4.66. The molecule has 2 aliphatic heterocycles. The van der Waals surface area contributed by atoms with Crippen LogP contribution >= 0.6 is 0 Å². The third-order valence-corrected chi connectivity index (χ3v) is 5.83. The van der Waals surface area contributed by atoms with Crippen LogP contribution in [0.15, 0.2) is 51.1 Å². The Kier molecular flexibility index (Phi) is 9.17. The average Bonchev–Trinajstić information content (AvgIpc) is 3.08. The summed E-state index contributed by atoms with van der Waals surface area (Å²) in [7, 11) is 1.74. The predicted molar refractivity (Wildman–Crippen MR) is 143 cm³/mol. The Morgan fingerprint density at radius 1 is 1.30 bits per heavy atom. The second-order valence-electron chi connectivity index (χ2n) is 9.52. The molecular formula is C27H41N5O. The fourth-order valence-corrected chi connectivity index (χ4v) is 4.26. The van der Waals surface area contributed by atoms with Crippen molar-refractivity contribution in [2.75, 3.05) is 20.1 Å². The molecule has 0 radical (unpaired) electrons. The second kappa shape index (κ2) is 11.4. The molecule has 1 atom stereocenters. The molecule has 6 nitrogen and oxygen atoms in total. The molecule has 0 bridgehead atoms. The Morgan fingerprint density at radius 3 is 2.67 bits per heavy atom. The van der Waals surface area contributed by atoms with Crippen LogP contribution in [0.25, 0.3) is 5.57 Å². The van der Waals surface area contributed by atoms with Crippen molar-refractivity contribution in [2.45, 2.75) is 72.9 Å². The van der Waals surface area contributed by atoms with Gasteiger partial charge in [0.25, 0.3) is 0 Å². The van der Waals surface area contributed by atoms with Crippen LogP contribution in [0.1, 0.15) is 72.4 Å². The number of hydrogen-bond donors (Lipinski definition) is 2. The Morgan fingerprint density at radius 2 is 2.06 bits per heavy atom. The Labute approximate surface area is 199 Å². The summed E-state index contributed by atoms with van der Waals surface area (Å²) < 4.78 is 0.